The summed E-state index contributed by atoms with van der Waals surface area (Å²) >= 11 is 3.07. The number of anilines is 1. The van der Waals surface area contributed by atoms with Gasteiger partial charge in [-0.05, 0) is 40.5 Å². The van der Waals surface area contributed by atoms with E-state index in [9.17, 15) is 9.18 Å². The van der Waals surface area contributed by atoms with Crippen molar-refractivity contribution in [1.29, 1.82) is 0 Å². The van der Waals surface area contributed by atoms with E-state index >= 15 is 0 Å². The molecule has 1 amide bonds. The molecule has 86 valence electrons. The second-order valence-corrected chi connectivity index (χ2v) is 4.53. The minimum atomic E-state index is -0.345. The lowest BCUT2D eigenvalue weighted by Gasteiger charge is -2.09. The van der Waals surface area contributed by atoms with Gasteiger partial charge in [-0.15, -0.1) is 0 Å². The summed E-state index contributed by atoms with van der Waals surface area (Å²) in [6.07, 6.45) is 0.744. The Morgan fingerprint density at radius 3 is 3.00 bits per heavy atom. The van der Waals surface area contributed by atoms with Gasteiger partial charge in [0.05, 0.1) is 17.0 Å². The molecule has 1 unspecified atom stereocenters. The lowest BCUT2D eigenvalue weighted by Crippen LogP contribution is -2.22. The third kappa shape index (κ3) is 2.59. The number of carbonyl (C=O) groups is 1. The fraction of sp³-hybridized carbons (Fsp3) is 0.364. The molecule has 1 aromatic carbocycles. The van der Waals surface area contributed by atoms with Gasteiger partial charge in [0.2, 0.25) is 5.91 Å². The topological polar surface area (TPSA) is 38.3 Å². The number of halogens is 2. The van der Waals surface area contributed by atoms with Crippen LogP contribution in [-0.4, -0.2) is 19.1 Å². The lowest BCUT2D eigenvalue weighted by molar-refractivity contribution is -0.119. The SMILES string of the molecule is O=C(Nc1ccc(F)c(Br)c1)C1CCOC1. The highest BCUT2D eigenvalue weighted by Crippen LogP contribution is 2.21. The number of rotatable bonds is 2. The second-order valence-electron chi connectivity index (χ2n) is 3.68. The van der Waals surface area contributed by atoms with Gasteiger partial charge in [-0.1, -0.05) is 0 Å². The molecular formula is C11H11BrFNO2. The number of hydrogen-bond donors (Lipinski definition) is 1. The molecular weight excluding hydrogens is 277 g/mol. The molecule has 1 aromatic rings. The fourth-order valence-corrected chi connectivity index (χ4v) is 1.94. The molecule has 1 atom stereocenters. The van der Waals surface area contributed by atoms with Crippen LogP contribution in [0.2, 0.25) is 0 Å². The van der Waals surface area contributed by atoms with E-state index in [4.69, 9.17) is 4.74 Å². The van der Waals surface area contributed by atoms with Crippen molar-refractivity contribution in [2.75, 3.05) is 18.5 Å². The predicted molar refractivity (Wildman–Crippen MR) is 61.7 cm³/mol. The van der Waals surface area contributed by atoms with Gasteiger partial charge >= 0.3 is 0 Å². The fourth-order valence-electron chi connectivity index (χ4n) is 1.56. The number of amides is 1. The van der Waals surface area contributed by atoms with Crippen molar-refractivity contribution in [3.8, 4) is 0 Å². The Morgan fingerprint density at radius 2 is 2.38 bits per heavy atom. The van der Waals surface area contributed by atoms with Crippen molar-refractivity contribution in [3.63, 3.8) is 0 Å². The molecule has 1 N–H and O–H groups in total. The average Bonchev–Trinajstić information content (AvgIpc) is 2.77. The van der Waals surface area contributed by atoms with Crippen LogP contribution in [0, 0.1) is 11.7 Å². The van der Waals surface area contributed by atoms with E-state index in [1.165, 1.54) is 12.1 Å². The molecule has 2 rings (SSSR count). The first kappa shape index (κ1) is 11.5. The van der Waals surface area contributed by atoms with Crippen LogP contribution in [-0.2, 0) is 9.53 Å². The third-order valence-corrected chi connectivity index (χ3v) is 3.10. The zero-order chi connectivity index (χ0) is 11.5. The zero-order valence-corrected chi connectivity index (χ0v) is 10.1. The van der Waals surface area contributed by atoms with Crippen LogP contribution >= 0.6 is 15.9 Å². The number of hydrogen-bond acceptors (Lipinski definition) is 2. The van der Waals surface area contributed by atoms with Gasteiger partial charge in [0.1, 0.15) is 5.82 Å². The Kier molecular flexibility index (Phi) is 3.56. The van der Waals surface area contributed by atoms with Gasteiger partial charge in [-0.3, -0.25) is 4.79 Å². The maximum Gasteiger partial charge on any atom is 0.229 e. The van der Waals surface area contributed by atoms with Crippen molar-refractivity contribution in [3.05, 3.63) is 28.5 Å². The first-order valence-corrected chi connectivity index (χ1v) is 5.80. The monoisotopic (exact) mass is 287 g/mol. The standard InChI is InChI=1S/C11H11BrFNO2/c12-9-5-8(1-2-10(9)13)14-11(15)7-3-4-16-6-7/h1-2,5,7H,3-4,6H2,(H,14,15). The molecule has 0 aromatic heterocycles. The molecule has 1 aliphatic rings. The van der Waals surface area contributed by atoms with Crippen LogP contribution in [0.3, 0.4) is 0 Å². The van der Waals surface area contributed by atoms with Crippen molar-refractivity contribution in [2.24, 2.45) is 5.92 Å². The van der Waals surface area contributed by atoms with E-state index in [0.717, 1.165) is 6.42 Å². The second kappa shape index (κ2) is 4.93. The minimum Gasteiger partial charge on any atom is -0.381 e. The predicted octanol–water partition coefficient (Wildman–Crippen LogP) is 2.56. The molecule has 0 aliphatic carbocycles. The van der Waals surface area contributed by atoms with Gasteiger partial charge in [0, 0.05) is 12.3 Å². The molecule has 0 bridgehead atoms. The Balaban J connectivity index is 2.02. The van der Waals surface area contributed by atoms with Crippen molar-refractivity contribution < 1.29 is 13.9 Å². The molecule has 0 saturated carbocycles. The average molecular weight is 288 g/mol. The van der Waals surface area contributed by atoms with E-state index in [2.05, 4.69) is 21.2 Å². The van der Waals surface area contributed by atoms with E-state index in [1.54, 1.807) is 6.07 Å². The molecule has 5 heteroatoms. The summed E-state index contributed by atoms with van der Waals surface area (Å²) < 4.78 is 18.4. The molecule has 0 spiro atoms. The van der Waals surface area contributed by atoms with Crippen molar-refractivity contribution >= 4 is 27.5 Å². The highest BCUT2D eigenvalue weighted by Gasteiger charge is 2.23. The zero-order valence-electron chi connectivity index (χ0n) is 8.50. The number of ether oxygens (including phenoxy) is 1. The van der Waals surface area contributed by atoms with Crippen LogP contribution in [0.1, 0.15) is 6.42 Å². The molecule has 3 nitrogen and oxygen atoms in total. The van der Waals surface area contributed by atoms with Gasteiger partial charge in [0.25, 0.3) is 0 Å². The summed E-state index contributed by atoms with van der Waals surface area (Å²) in [5, 5.41) is 2.74. The summed E-state index contributed by atoms with van der Waals surface area (Å²) in [6, 6.07) is 4.39. The minimum absolute atomic E-state index is 0.0731. The maximum absolute atomic E-state index is 13.0. The molecule has 16 heavy (non-hydrogen) atoms. The summed E-state index contributed by atoms with van der Waals surface area (Å²) in [7, 11) is 0. The highest BCUT2D eigenvalue weighted by atomic mass is 79.9. The quantitative estimate of drug-likeness (QED) is 0.908. The van der Waals surface area contributed by atoms with Gasteiger partial charge < -0.3 is 10.1 Å². The van der Waals surface area contributed by atoms with Gasteiger partial charge in [-0.25, -0.2) is 4.39 Å². The maximum atomic E-state index is 13.0. The van der Waals surface area contributed by atoms with Crippen molar-refractivity contribution in [1.82, 2.24) is 0 Å². The Hall–Kier alpha value is -0.940. The molecule has 1 fully saturated rings. The van der Waals surface area contributed by atoms with E-state index in [1.807, 2.05) is 0 Å². The van der Waals surface area contributed by atoms with E-state index in [-0.39, 0.29) is 17.6 Å². The number of benzene rings is 1. The third-order valence-electron chi connectivity index (χ3n) is 2.49. The number of nitrogens with one attached hydrogen (secondary N) is 1. The van der Waals surface area contributed by atoms with Gasteiger partial charge in [-0.2, -0.15) is 0 Å². The summed E-state index contributed by atoms with van der Waals surface area (Å²) in [5.74, 6) is -0.512. The van der Waals surface area contributed by atoms with Crippen LogP contribution in [0.15, 0.2) is 22.7 Å². The van der Waals surface area contributed by atoms with Crippen LogP contribution in [0.25, 0.3) is 0 Å². The largest absolute Gasteiger partial charge is 0.381 e. The highest BCUT2D eigenvalue weighted by molar-refractivity contribution is 9.10. The first-order chi connectivity index (χ1) is 7.66. The smallest absolute Gasteiger partial charge is 0.229 e. The lowest BCUT2D eigenvalue weighted by atomic mass is 10.1. The van der Waals surface area contributed by atoms with Crippen LogP contribution < -0.4 is 5.32 Å². The molecule has 1 aliphatic heterocycles. The summed E-state index contributed by atoms with van der Waals surface area (Å²) in [5.41, 5.74) is 0.588. The molecule has 1 saturated heterocycles. The normalized spacial score (nSPS) is 19.8. The van der Waals surface area contributed by atoms with Crippen molar-refractivity contribution in [2.45, 2.75) is 6.42 Å². The Labute approximate surface area is 101 Å². The number of carbonyl (C=O) groups excluding carboxylic acids is 1. The van der Waals surface area contributed by atoms with Gasteiger partial charge in [0.15, 0.2) is 0 Å². The first-order valence-electron chi connectivity index (χ1n) is 5.00. The van der Waals surface area contributed by atoms with Crippen LogP contribution in [0.4, 0.5) is 10.1 Å². The Bertz CT molecular complexity index is 405. The van der Waals surface area contributed by atoms with Crippen LogP contribution in [0.5, 0.6) is 0 Å². The Morgan fingerprint density at radius 1 is 1.56 bits per heavy atom. The summed E-state index contributed by atoms with van der Waals surface area (Å²) in [4.78, 5) is 11.7. The van der Waals surface area contributed by atoms with E-state index in [0.29, 0.717) is 23.4 Å². The summed E-state index contributed by atoms with van der Waals surface area (Å²) in [6.45, 7) is 1.10. The molecule has 0 radical (unpaired) electrons. The van der Waals surface area contributed by atoms with E-state index < -0.39 is 0 Å². The molecule has 1 heterocycles.